The topological polar surface area (TPSA) is 58.0 Å². The van der Waals surface area contributed by atoms with Gasteiger partial charge in [-0.05, 0) is 31.0 Å². The molecule has 6 heteroatoms. The Morgan fingerprint density at radius 2 is 2.33 bits per heavy atom. The monoisotopic (exact) mass is 196 g/mol. The van der Waals surface area contributed by atoms with Crippen LogP contribution >= 0.6 is 0 Å². The van der Waals surface area contributed by atoms with E-state index < -0.39 is 11.1 Å². The smallest absolute Gasteiger partial charge is 0.767 e. The number of hydrogen-bond acceptors (Lipinski definition) is 3. The summed E-state index contributed by atoms with van der Waals surface area (Å²) in [6, 6.07) is 1.55. The zero-order chi connectivity index (χ0) is 8.43. The molecule has 4 nitrogen and oxygen atoms in total. The average molecular weight is 196 g/mol. The molecular weight excluding hydrogens is 187 g/mol. The van der Waals surface area contributed by atoms with E-state index in [0.717, 1.165) is 5.69 Å². The van der Waals surface area contributed by atoms with Crippen LogP contribution in [0.1, 0.15) is 12.6 Å². The summed E-state index contributed by atoms with van der Waals surface area (Å²) in [5, 5.41) is 4.23. The Morgan fingerprint density at radius 1 is 1.75 bits per heavy atom. The molecule has 0 aliphatic carbocycles. The van der Waals surface area contributed by atoms with Crippen molar-refractivity contribution in [2.24, 2.45) is 0 Å². The van der Waals surface area contributed by atoms with Crippen molar-refractivity contribution in [1.82, 2.24) is 9.78 Å². The van der Waals surface area contributed by atoms with Gasteiger partial charge in [-0.15, -0.1) is 0 Å². The van der Waals surface area contributed by atoms with E-state index in [1.807, 2.05) is 6.92 Å². The SMILES string of the molecule is CCn1nc(C)cc1S(=O)[O-].[Na+]. The molecule has 1 atom stereocenters. The summed E-state index contributed by atoms with van der Waals surface area (Å²) in [5.74, 6) is 0. The molecular formula is C6H9N2NaO2S. The van der Waals surface area contributed by atoms with Crippen LogP contribution in [0.3, 0.4) is 0 Å². The first kappa shape index (κ1) is 12.3. The fourth-order valence-corrected chi connectivity index (χ4v) is 1.49. The second kappa shape index (κ2) is 5.14. The van der Waals surface area contributed by atoms with E-state index in [1.165, 1.54) is 4.68 Å². The van der Waals surface area contributed by atoms with Crippen molar-refractivity contribution in [2.75, 3.05) is 0 Å². The third-order valence-corrected chi connectivity index (χ3v) is 2.01. The van der Waals surface area contributed by atoms with Crippen molar-refractivity contribution < 1.29 is 38.3 Å². The van der Waals surface area contributed by atoms with Crippen molar-refractivity contribution in [2.45, 2.75) is 25.4 Å². The molecule has 62 valence electrons. The molecule has 0 radical (unpaired) electrons. The Hall–Kier alpha value is 0.320. The van der Waals surface area contributed by atoms with Gasteiger partial charge in [0.2, 0.25) is 0 Å². The molecule has 0 saturated heterocycles. The first-order valence-corrected chi connectivity index (χ1v) is 4.36. The van der Waals surface area contributed by atoms with Crippen molar-refractivity contribution in [3.63, 3.8) is 0 Å². The van der Waals surface area contributed by atoms with Gasteiger partial charge in [0.15, 0.2) is 0 Å². The molecule has 0 bridgehead atoms. The second-order valence-corrected chi connectivity index (χ2v) is 3.06. The third-order valence-electron chi connectivity index (χ3n) is 1.34. The molecule has 0 aliphatic rings. The zero-order valence-electron chi connectivity index (χ0n) is 7.40. The second-order valence-electron chi connectivity index (χ2n) is 2.17. The zero-order valence-corrected chi connectivity index (χ0v) is 10.2. The van der Waals surface area contributed by atoms with Gasteiger partial charge >= 0.3 is 29.6 Å². The molecule has 1 unspecified atom stereocenters. The number of aromatic nitrogens is 2. The van der Waals surface area contributed by atoms with Gasteiger partial charge in [-0.3, -0.25) is 8.89 Å². The fraction of sp³-hybridized carbons (Fsp3) is 0.500. The first-order chi connectivity index (χ1) is 5.15. The van der Waals surface area contributed by atoms with E-state index >= 15 is 0 Å². The number of aryl methyl sites for hydroxylation is 2. The minimum Gasteiger partial charge on any atom is -0.767 e. The van der Waals surface area contributed by atoms with Crippen LogP contribution in [-0.2, 0) is 17.6 Å². The minimum absolute atomic E-state index is 0. The van der Waals surface area contributed by atoms with Crippen LogP contribution in [0.15, 0.2) is 11.1 Å². The maximum Gasteiger partial charge on any atom is 1.00 e. The van der Waals surface area contributed by atoms with Crippen LogP contribution < -0.4 is 29.6 Å². The number of nitrogens with zero attached hydrogens (tertiary/aromatic N) is 2. The van der Waals surface area contributed by atoms with Gasteiger partial charge in [0, 0.05) is 6.54 Å². The van der Waals surface area contributed by atoms with Gasteiger partial charge in [0.1, 0.15) is 5.03 Å². The predicted octanol–water partition coefficient (Wildman–Crippen LogP) is -2.55. The van der Waals surface area contributed by atoms with Crippen LogP contribution in [0.2, 0.25) is 0 Å². The molecule has 12 heavy (non-hydrogen) atoms. The van der Waals surface area contributed by atoms with Gasteiger partial charge in [-0.25, -0.2) is 0 Å². The number of hydrogen-bond donors (Lipinski definition) is 0. The molecule has 1 aromatic rings. The van der Waals surface area contributed by atoms with Gasteiger partial charge in [0.05, 0.1) is 5.69 Å². The summed E-state index contributed by atoms with van der Waals surface area (Å²) in [6.07, 6.45) is 0. The van der Waals surface area contributed by atoms with E-state index in [4.69, 9.17) is 0 Å². The third kappa shape index (κ3) is 2.67. The fourth-order valence-electron chi connectivity index (χ4n) is 0.882. The van der Waals surface area contributed by atoms with E-state index in [-0.39, 0.29) is 34.6 Å². The van der Waals surface area contributed by atoms with Gasteiger partial charge in [-0.2, -0.15) is 5.10 Å². The molecule has 0 fully saturated rings. The Bertz CT molecular complexity index is 287. The minimum atomic E-state index is -2.17. The Balaban J connectivity index is 0.00000121. The van der Waals surface area contributed by atoms with E-state index in [0.29, 0.717) is 6.54 Å². The molecule has 1 aromatic heterocycles. The molecule has 0 aromatic carbocycles. The summed E-state index contributed by atoms with van der Waals surface area (Å²) < 4.78 is 22.5. The predicted molar refractivity (Wildman–Crippen MR) is 39.8 cm³/mol. The Morgan fingerprint density at radius 3 is 2.67 bits per heavy atom. The largest absolute Gasteiger partial charge is 1.00 e. The summed E-state index contributed by atoms with van der Waals surface area (Å²) in [7, 11) is 0. The molecule has 0 spiro atoms. The van der Waals surface area contributed by atoms with Crippen LogP contribution in [0, 0.1) is 6.92 Å². The van der Waals surface area contributed by atoms with Crippen LogP contribution in [0.4, 0.5) is 0 Å². The van der Waals surface area contributed by atoms with Gasteiger partial charge in [0.25, 0.3) is 0 Å². The van der Waals surface area contributed by atoms with Crippen molar-refractivity contribution >= 4 is 11.1 Å². The quantitative estimate of drug-likeness (QED) is 0.386. The standard InChI is InChI=1S/C6H10N2O2S.Na/c1-3-8-6(11(9)10)4-5(2)7-8;/h4H,3H2,1-2H3,(H,9,10);/q;+1/p-1. The van der Waals surface area contributed by atoms with Crippen LogP contribution in [0.5, 0.6) is 0 Å². The first-order valence-electron chi connectivity index (χ1n) is 3.29. The molecule has 0 amide bonds. The Kier molecular flexibility index (Phi) is 5.27. The summed E-state index contributed by atoms with van der Waals surface area (Å²) in [5.41, 5.74) is 0.728. The molecule has 0 saturated carbocycles. The Labute approximate surface area is 95.9 Å². The average Bonchev–Trinajstić information content (AvgIpc) is 2.30. The summed E-state index contributed by atoms with van der Waals surface area (Å²) >= 11 is -2.17. The summed E-state index contributed by atoms with van der Waals surface area (Å²) in [4.78, 5) is 0. The van der Waals surface area contributed by atoms with Crippen LogP contribution in [0.25, 0.3) is 0 Å². The van der Waals surface area contributed by atoms with Gasteiger partial charge in [-0.1, -0.05) is 0 Å². The molecule has 0 aliphatic heterocycles. The molecule has 0 N–H and O–H groups in total. The normalized spacial score (nSPS) is 12.2. The number of rotatable bonds is 2. The van der Waals surface area contributed by atoms with E-state index in [2.05, 4.69) is 5.10 Å². The van der Waals surface area contributed by atoms with E-state index in [1.54, 1.807) is 13.0 Å². The van der Waals surface area contributed by atoms with E-state index in [9.17, 15) is 8.76 Å². The van der Waals surface area contributed by atoms with Crippen molar-refractivity contribution in [3.05, 3.63) is 11.8 Å². The summed E-state index contributed by atoms with van der Waals surface area (Å²) in [6.45, 7) is 4.20. The van der Waals surface area contributed by atoms with Crippen LogP contribution in [-0.4, -0.2) is 18.5 Å². The molecule has 1 heterocycles. The molecule has 1 rings (SSSR count). The maximum absolute atomic E-state index is 10.5. The van der Waals surface area contributed by atoms with Gasteiger partial charge < -0.3 is 4.55 Å². The van der Waals surface area contributed by atoms with Crippen molar-refractivity contribution in [1.29, 1.82) is 0 Å². The maximum atomic E-state index is 10.5. The van der Waals surface area contributed by atoms with Crippen molar-refractivity contribution in [3.8, 4) is 0 Å².